The van der Waals surface area contributed by atoms with Crippen LogP contribution < -0.4 is 9.47 Å². The maximum Gasteiger partial charge on any atom is 0.254 e. The Bertz CT molecular complexity index is 753. The summed E-state index contributed by atoms with van der Waals surface area (Å²) >= 11 is 1.70. The van der Waals surface area contributed by atoms with Gasteiger partial charge in [-0.15, -0.1) is 11.3 Å². The number of carbonyl (C=O) groups excluding carboxylic acids is 1. The Kier molecular flexibility index (Phi) is 4.12. The molecule has 0 radical (unpaired) electrons. The van der Waals surface area contributed by atoms with Gasteiger partial charge < -0.3 is 14.4 Å². The lowest BCUT2D eigenvalue weighted by molar-refractivity contribution is 0.0628. The molecular formula is C17H19N3O3S. The van der Waals surface area contributed by atoms with Crippen LogP contribution in [-0.4, -0.2) is 53.7 Å². The second-order valence-corrected chi connectivity index (χ2v) is 6.96. The first-order valence-corrected chi connectivity index (χ1v) is 8.89. The van der Waals surface area contributed by atoms with Gasteiger partial charge in [-0.25, -0.2) is 4.98 Å². The molecule has 0 bridgehead atoms. The Morgan fingerprint density at radius 3 is 2.75 bits per heavy atom. The van der Waals surface area contributed by atoms with Crippen LogP contribution >= 0.6 is 11.3 Å². The molecule has 0 aliphatic carbocycles. The van der Waals surface area contributed by atoms with E-state index >= 15 is 0 Å². The molecule has 6 nitrogen and oxygen atoms in total. The molecule has 1 fully saturated rings. The number of rotatable bonds is 3. The fourth-order valence-corrected chi connectivity index (χ4v) is 3.80. The van der Waals surface area contributed by atoms with Crippen molar-refractivity contribution in [3.05, 3.63) is 39.8 Å². The van der Waals surface area contributed by atoms with E-state index in [4.69, 9.17) is 9.47 Å². The molecular weight excluding hydrogens is 326 g/mol. The van der Waals surface area contributed by atoms with E-state index in [0.29, 0.717) is 17.1 Å². The lowest BCUT2D eigenvalue weighted by Crippen LogP contribution is -2.48. The van der Waals surface area contributed by atoms with Crippen LogP contribution in [0.3, 0.4) is 0 Å². The smallest absolute Gasteiger partial charge is 0.254 e. The van der Waals surface area contributed by atoms with Crippen LogP contribution in [0.4, 0.5) is 0 Å². The minimum Gasteiger partial charge on any atom is -0.454 e. The van der Waals surface area contributed by atoms with Crippen molar-refractivity contribution in [3.8, 4) is 11.5 Å². The molecule has 2 aliphatic heterocycles. The van der Waals surface area contributed by atoms with Crippen molar-refractivity contribution in [2.45, 2.75) is 13.5 Å². The molecule has 0 spiro atoms. The Morgan fingerprint density at radius 2 is 2.00 bits per heavy atom. The molecule has 0 N–H and O–H groups in total. The normalized spacial score (nSPS) is 17.3. The van der Waals surface area contributed by atoms with E-state index in [1.807, 2.05) is 11.8 Å². The highest BCUT2D eigenvalue weighted by Gasteiger charge is 2.24. The third-order valence-corrected chi connectivity index (χ3v) is 5.26. The number of carbonyl (C=O) groups is 1. The van der Waals surface area contributed by atoms with E-state index in [0.717, 1.165) is 43.4 Å². The highest BCUT2D eigenvalue weighted by molar-refractivity contribution is 7.09. The second-order valence-electron chi connectivity index (χ2n) is 6.02. The molecule has 4 rings (SSSR count). The van der Waals surface area contributed by atoms with Gasteiger partial charge in [-0.2, -0.15) is 0 Å². The summed E-state index contributed by atoms with van der Waals surface area (Å²) in [7, 11) is 0. The van der Waals surface area contributed by atoms with Crippen molar-refractivity contribution in [1.82, 2.24) is 14.8 Å². The molecule has 0 atom stereocenters. The quantitative estimate of drug-likeness (QED) is 0.853. The topological polar surface area (TPSA) is 54.9 Å². The van der Waals surface area contributed by atoms with Gasteiger partial charge in [0.25, 0.3) is 5.91 Å². The van der Waals surface area contributed by atoms with E-state index < -0.39 is 0 Å². The van der Waals surface area contributed by atoms with Crippen LogP contribution in [0.5, 0.6) is 11.5 Å². The SMILES string of the molecule is Cc1csc(CN2CCN(C(=O)c3ccc4c(c3)OCO4)CC2)n1. The number of aromatic nitrogens is 1. The molecule has 0 unspecified atom stereocenters. The molecule has 1 aromatic carbocycles. The Balaban J connectivity index is 1.36. The predicted molar refractivity (Wildman–Crippen MR) is 90.6 cm³/mol. The van der Waals surface area contributed by atoms with Gasteiger partial charge in [-0.1, -0.05) is 0 Å². The molecule has 1 aromatic heterocycles. The third-order valence-electron chi connectivity index (χ3n) is 4.30. The van der Waals surface area contributed by atoms with Crippen LogP contribution in [0.25, 0.3) is 0 Å². The number of ether oxygens (including phenoxy) is 2. The first-order valence-electron chi connectivity index (χ1n) is 8.01. The number of nitrogens with zero attached hydrogens (tertiary/aromatic N) is 3. The molecule has 2 aliphatic rings. The number of hydrogen-bond donors (Lipinski definition) is 0. The van der Waals surface area contributed by atoms with Gasteiger partial charge in [-0.05, 0) is 25.1 Å². The van der Waals surface area contributed by atoms with E-state index in [-0.39, 0.29) is 12.7 Å². The van der Waals surface area contributed by atoms with E-state index in [1.165, 1.54) is 0 Å². The van der Waals surface area contributed by atoms with Crippen molar-refractivity contribution in [1.29, 1.82) is 0 Å². The minimum absolute atomic E-state index is 0.0537. The van der Waals surface area contributed by atoms with Gasteiger partial charge in [0.05, 0.1) is 6.54 Å². The second kappa shape index (κ2) is 6.41. The fourth-order valence-electron chi connectivity index (χ4n) is 2.99. The van der Waals surface area contributed by atoms with Crippen molar-refractivity contribution < 1.29 is 14.3 Å². The zero-order chi connectivity index (χ0) is 16.5. The summed E-state index contributed by atoms with van der Waals surface area (Å²) in [5.41, 5.74) is 1.73. The maximum atomic E-state index is 12.7. The predicted octanol–water partition coefficient (Wildman–Crippen LogP) is 2.14. The van der Waals surface area contributed by atoms with Crippen LogP contribution in [0, 0.1) is 6.92 Å². The number of thiazole rings is 1. The maximum absolute atomic E-state index is 12.7. The minimum atomic E-state index is 0.0537. The average molecular weight is 345 g/mol. The van der Waals surface area contributed by atoms with Crippen LogP contribution in [0.2, 0.25) is 0 Å². The highest BCUT2D eigenvalue weighted by atomic mass is 32.1. The molecule has 126 valence electrons. The van der Waals surface area contributed by atoms with Gasteiger partial charge in [0.1, 0.15) is 5.01 Å². The number of hydrogen-bond acceptors (Lipinski definition) is 6. The van der Waals surface area contributed by atoms with Crippen molar-refractivity contribution in [2.75, 3.05) is 33.0 Å². The molecule has 2 aromatic rings. The molecule has 7 heteroatoms. The summed E-state index contributed by atoms with van der Waals surface area (Å²) < 4.78 is 10.6. The summed E-state index contributed by atoms with van der Waals surface area (Å²) in [6, 6.07) is 5.38. The summed E-state index contributed by atoms with van der Waals surface area (Å²) in [6.07, 6.45) is 0. The van der Waals surface area contributed by atoms with Gasteiger partial charge in [0.15, 0.2) is 11.5 Å². The van der Waals surface area contributed by atoms with Gasteiger partial charge in [0, 0.05) is 42.8 Å². The van der Waals surface area contributed by atoms with Crippen LogP contribution in [0.15, 0.2) is 23.6 Å². The Labute approximate surface area is 144 Å². The summed E-state index contributed by atoms with van der Waals surface area (Å²) in [5.74, 6) is 1.41. The monoisotopic (exact) mass is 345 g/mol. The standard InChI is InChI=1S/C17H19N3O3S/c1-12-10-24-16(18-12)9-19-4-6-20(7-5-19)17(21)13-2-3-14-15(8-13)23-11-22-14/h2-3,8,10H,4-7,9,11H2,1H3. The van der Waals surface area contributed by atoms with Crippen LogP contribution in [0.1, 0.15) is 21.1 Å². The number of fused-ring (bicyclic) bond motifs is 1. The number of piperazine rings is 1. The number of aryl methyl sites for hydroxylation is 1. The van der Waals surface area contributed by atoms with E-state index in [9.17, 15) is 4.79 Å². The zero-order valence-corrected chi connectivity index (χ0v) is 14.3. The van der Waals surface area contributed by atoms with Crippen molar-refractivity contribution in [3.63, 3.8) is 0 Å². The third kappa shape index (κ3) is 3.09. The van der Waals surface area contributed by atoms with Gasteiger partial charge >= 0.3 is 0 Å². The first-order chi connectivity index (χ1) is 11.7. The Hall–Kier alpha value is -2.12. The number of amides is 1. The zero-order valence-electron chi connectivity index (χ0n) is 13.5. The van der Waals surface area contributed by atoms with Crippen LogP contribution in [-0.2, 0) is 6.54 Å². The summed E-state index contributed by atoms with van der Waals surface area (Å²) in [5, 5.41) is 3.22. The summed E-state index contributed by atoms with van der Waals surface area (Å²) in [6.45, 7) is 6.31. The molecule has 24 heavy (non-hydrogen) atoms. The van der Waals surface area contributed by atoms with Gasteiger partial charge in [0.2, 0.25) is 6.79 Å². The van der Waals surface area contributed by atoms with E-state index in [1.54, 1.807) is 29.5 Å². The fraction of sp³-hybridized carbons (Fsp3) is 0.412. The highest BCUT2D eigenvalue weighted by Crippen LogP contribution is 2.32. The largest absolute Gasteiger partial charge is 0.454 e. The Morgan fingerprint density at radius 1 is 1.21 bits per heavy atom. The lowest BCUT2D eigenvalue weighted by atomic mass is 10.1. The van der Waals surface area contributed by atoms with Gasteiger partial charge in [-0.3, -0.25) is 9.69 Å². The average Bonchev–Trinajstić information content (AvgIpc) is 3.23. The first kappa shape index (κ1) is 15.4. The lowest BCUT2D eigenvalue weighted by Gasteiger charge is -2.34. The number of benzene rings is 1. The molecule has 1 saturated heterocycles. The van der Waals surface area contributed by atoms with E-state index in [2.05, 4.69) is 15.3 Å². The van der Waals surface area contributed by atoms with Crippen molar-refractivity contribution in [2.24, 2.45) is 0 Å². The molecule has 3 heterocycles. The summed E-state index contributed by atoms with van der Waals surface area (Å²) in [4.78, 5) is 21.4. The van der Waals surface area contributed by atoms with Crippen molar-refractivity contribution >= 4 is 17.2 Å². The molecule has 0 saturated carbocycles. The molecule has 1 amide bonds.